The first-order valence-corrected chi connectivity index (χ1v) is 12.3. The smallest absolute Gasteiger partial charge is 0.409 e. The molecule has 7 nitrogen and oxygen atoms in total. The Bertz CT molecular complexity index is 1130. The molecule has 0 spiro atoms. The number of amides is 2. The van der Waals surface area contributed by atoms with Crippen molar-refractivity contribution in [2.75, 3.05) is 38.1 Å². The van der Waals surface area contributed by atoms with E-state index in [0.717, 1.165) is 26.6 Å². The maximum Gasteiger partial charge on any atom is 0.409 e. The molecule has 0 unspecified atom stereocenters. The molecule has 1 aromatic carbocycles. The second-order valence-electron chi connectivity index (χ2n) is 8.26. The summed E-state index contributed by atoms with van der Waals surface area (Å²) in [4.78, 5) is 34.9. The van der Waals surface area contributed by atoms with Gasteiger partial charge in [-0.15, -0.1) is 11.3 Å². The number of nitrogens with one attached hydrogen (secondary N) is 1. The Labute approximate surface area is 204 Å². The van der Waals surface area contributed by atoms with Crippen LogP contribution in [0.2, 0.25) is 0 Å². The van der Waals surface area contributed by atoms with E-state index in [0.29, 0.717) is 38.3 Å². The third-order valence-electron chi connectivity index (χ3n) is 6.17. The lowest BCUT2D eigenvalue weighted by Gasteiger charge is -2.39. The average Bonchev–Trinajstić information content (AvgIpc) is 3.14. The number of carbonyl (C=O) groups is 2. The third kappa shape index (κ3) is 5.13. The third-order valence-corrected chi connectivity index (χ3v) is 7.31. The molecule has 1 aliphatic heterocycles. The minimum Gasteiger partial charge on any atom is -0.450 e. The number of pyridine rings is 1. The second-order valence-corrected chi connectivity index (χ2v) is 9.48. The highest BCUT2D eigenvalue weighted by molar-refractivity contribution is 7.16. The topological polar surface area (TPSA) is 74.8 Å². The number of nitrogens with zero attached hydrogens (tertiary/aromatic N) is 3. The molecule has 1 aliphatic rings. The fourth-order valence-corrected chi connectivity index (χ4v) is 5.39. The van der Waals surface area contributed by atoms with Crippen LogP contribution < -0.4 is 5.32 Å². The highest BCUT2D eigenvalue weighted by Crippen LogP contribution is 2.42. The zero-order valence-corrected chi connectivity index (χ0v) is 20.6. The van der Waals surface area contributed by atoms with Gasteiger partial charge in [0.05, 0.1) is 12.6 Å². The van der Waals surface area contributed by atoms with E-state index in [1.54, 1.807) is 22.4 Å². The molecular formula is C26H30N4O3S. The van der Waals surface area contributed by atoms with Crippen molar-refractivity contribution in [1.29, 1.82) is 0 Å². The van der Waals surface area contributed by atoms with E-state index in [-0.39, 0.29) is 18.0 Å². The molecule has 0 aliphatic carbocycles. The fourth-order valence-electron chi connectivity index (χ4n) is 4.31. The van der Waals surface area contributed by atoms with Crippen LogP contribution >= 0.6 is 11.3 Å². The van der Waals surface area contributed by atoms with E-state index < -0.39 is 0 Å². The summed E-state index contributed by atoms with van der Waals surface area (Å²) in [7, 11) is 0. The summed E-state index contributed by atoms with van der Waals surface area (Å²) in [6.45, 7) is 8.94. The molecule has 0 saturated carbocycles. The van der Waals surface area contributed by atoms with Crippen LogP contribution in [0.25, 0.3) is 0 Å². The lowest BCUT2D eigenvalue weighted by atomic mass is 9.95. The molecule has 1 fully saturated rings. The predicted octanol–water partition coefficient (Wildman–Crippen LogP) is 4.88. The molecule has 2 amide bonds. The van der Waals surface area contributed by atoms with Gasteiger partial charge in [0.25, 0.3) is 5.91 Å². The molecule has 1 N–H and O–H groups in total. The first kappa shape index (κ1) is 23.9. The molecule has 3 aromatic rings. The Morgan fingerprint density at radius 2 is 1.82 bits per heavy atom. The SMILES string of the molecule is CCOC(=O)N1CCN([C@H](c2cccnc2)c2c(NC(=O)c3ccccc3)sc(C)c2C)CC1. The van der Waals surface area contributed by atoms with Gasteiger partial charge >= 0.3 is 6.09 Å². The second kappa shape index (κ2) is 10.8. The van der Waals surface area contributed by atoms with Crippen LogP contribution in [-0.2, 0) is 4.74 Å². The molecule has 1 saturated heterocycles. The van der Waals surface area contributed by atoms with Gasteiger partial charge in [0.1, 0.15) is 5.00 Å². The van der Waals surface area contributed by atoms with Crippen LogP contribution in [0.1, 0.15) is 44.9 Å². The minimum absolute atomic E-state index is 0.0888. The summed E-state index contributed by atoms with van der Waals surface area (Å²) in [5, 5.41) is 4.02. The number of piperazine rings is 1. The van der Waals surface area contributed by atoms with Crippen molar-refractivity contribution in [3.05, 3.63) is 82.0 Å². The number of hydrogen-bond acceptors (Lipinski definition) is 6. The number of aryl methyl sites for hydroxylation is 1. The molecule has 8 heteroatoms. The molecule has 3 heterocycles. The number of hydrogen-bond donors (Lipinski definition) is 1. The summed E-state index contributed by atoms with van der Waals surface area (Å²) < 4.78 is 5.19. The van der Waals surface area contributed by atoms with Gasteiger partial charge in [0.15, 0.2) is 0 Å². The number of anilines is 1. The van der Waals surface area contributed by atoms with Crippen LogP contribution in [0, 0.1) is 13.8 Å². The van der Waals surface area contributed by atoms with Gasteiger partial charge in [-0.1, -0.05) is 24.3 Å². The first-order valence-electron chi connectivity index (χ1n) is 11.5. The molecule has 2 aromatic heterocycles. The van der Waals surface area contributed by atoms with Crippen LogP contribution in [0.4, 0.5) is 9.80 Å². The van der Waals surface area contributed by atoms with Crippen molar-refractivity contribution < 1.29 is 14.3 Å². The van der Waals surface area contributed by atoms with Gasteiger partial charge in [-0.25, -0.2) is 4.79 Å². The van der Waals surface area contributed by atoms with Crippen LogP contribution in [0.3, 0.4) is 0 Å². The Morgan fingerprint density at radius 1 is 1.09 bits per heavy atom. The van der Waals surface area contributed by atoms with Gasteiger partial charge in [0, 0.05) is 54.6 Å². The van der Waals surface area contributed by atoms with E-state index in [1.165, 1.54) is 0 Å². The van der Waals surface area contributed by atoms with Crippen molar-refractivity contribution in [1.82, 2.24) is 14.8 Å². The van der Waals surface area contributed by atoms with Crippen LogP contribution in [0.5, 0.6) is 0 Å². The standard InChI is InChI=1S/C26H30N4O3S/c1-4-33-26(32)30-15-13-29(14-16-30)23(21-11-8-12-27-17-21)22-18(2)19(3)34-25(22)28-24(31)20-9-6-5-7-10-20/h5-12,17,23H,4,13-16H2,1-3H3,(H,28,31)/t23-/m1/s1. The molecule has 178 valence electrons. The van der Waals surface area contributed by atoms with Gasteiger partial charge in [0.2, 0.25) is 0 Å². The zero-order valence-electron chi connectivity index (χ0n) is 19.8. The molecule has 0 bridgehead atoms. The molecule has 0 radical (unpaired) electrons. The summed E-state index contributed by atoms with van der Waals surface area (Å²) in [6.07, 6.45) is 3.39. The average molecular weight is 479 g/mol. The summed E-state index contributed by atoms with van der Waals surface area (Å²) >= 11 is 1.60. The van der Waals surface area contributed by atoms with Crippen LogP contribution in [0.15, 0.2) is 54.9 Å². The highest BCUT2D eigenvalue weighted by Gasteiger charge is 2.33. The lowest BCUT2D eigenvalue weighted by molar-refractivity contribution is 0.0714. The Morgan fingerprint density at radius 3 is 2.47 bits per heavy atom. The number of benzene rings is 1. The number of ether oxygens (including phenoxy) is 1. The maximum atomic E-state index is 13.0. The normalized spacial score (nSPS) is 15.1. The van der Waals surface area contributed by atoms with Crippen molar-refractivity contribution in [2.24, 2.45) is 0 Å². The zero-order chi connectivity index (χ0) is 24.1. The monoisotopic (exact) mass is 478 g/mol. The lowest BCUT2D eigenvalue weighted by Crippen LogP contribution is -2.50. The van der Waals surface area contributed by atoms with Gasteiger partial charge in [-0.2, -0.15) is 0 Å². The largest absolute Gasteiger partial charge is 0.450 e. The van der Waals surface area contributed by atoms with E-state index in [9.17, 15) is 9.59 Å². The Balaban J connectivity index is 1.67. The first-order chi connectivity index (χ1) is 16.5. The van der Waals surface area contributed by atoms with E-state index in [1.807, 2.05) is 49.5 Å². The fraction of sp³-hybridized carbons (Fsp3) is 0.346. The highest BCUT2D eigenvalue weighted by atomic mass is 32.1. The number of aromatic nitrogens is 1. The molecule has 4 rings (SSSR count). The van der Waals surface area contributed by atoms with E-state index in [2.05, 4.69) is 35.1 Å². The molecule has 1 atom stereocenters. The summed E-state index contributed by atoms with van der Waals surface area (Å²) in [6, 6.07) is 13.2. The quantitative estimate of drug-likeness (QED) is 0.547. The summed E-state index contributed by atoms with van der Waals surface area (Å²) in [5.41, 5.74) is 3.93. The van der Waals surface area contributed by atoms with Crippen LogP contribution in [-0.4, -0.2) is 59.6 Å². The Kier molecular flexibility index (Phi) is 7.59. The number of rotatable bonds is 6. The van der Waals surface area contributed by atoms with Crippen molar-refractivity contribution in [2.45, 2.75) is 26.8 Å². The van der Waals surface area contributed by atoms with Crippen molar-refractivity contribution in [3.8, 4) is 0 Å². The molecule has 34 heavy (non-hydrogen) atoms. The van der Waals surface area contributed by atoms with Gasteiger partial charge in [-0.05, 0) is 50.1 Å². The number of carbonyl (C=O) groups excluding carboxylic acids is 2. The maximum absolute atomic E-state index is 13.0. The van der Waals surface area contributed by atoms with Crippen molar-refractivity contribution in [3.63, 3.8) is 0 Å². The van der Waals surface area contributed by atoms with E-state index >= 15 is 0 Å². The van der Waals surface area contributed by atoms with Gasteiger partial charge < -0.3 is 15.0 Å². The van der Waals surface area contributed by atoms with Crippen molar-refractivity contribution >= 4 is 28.3 Å². The molecular weight excluding hydrogens is 448 g/mol. The minimum atomic E-state index is -0.265. The predicted molar refractivity (Wildman–Crippen MR) is 134 cm³/mol. The Hall–Kier alpha value is -3.23. The van der Waals surface area contributed by atoms with Gasteiger partial charge in [-0.3, -0.25) is 14.7 Å². The summed E-state index contributed by atoms with van der Waals surface area (Å²) in [5.74, 6) is -0.125. The number of thiophene rings is 1. The van der Waals surface area contributed by atoms with E-state index in [4.69, 9.17) is 4.74 Å².